The van der Waals surface area contributed by atoms with E-state index in [9.17, 15) is 4.79 Å². The van der Waals surface area contributed by atoms with E-state index in [1.165, 1.54) is 0 Å². The maximum absolute atomic E-state index is 12.4. The van der Waals surface area contributed by atoms with Crippen molar-refractivity contribution in [2.24, 2.45) is 5.73 Å². The van der Waals surface area contributed by atoms with E-state index in [-0.39, 0.29) is 24.2 Å². The van der Waals surface area contributed by atoms with E-state index in [4.69, 9.17) is 15.2 Å². The molecule has 0 unspecified atom stereocenters. The molecule has 2 fully saturated rings. The van der Waals surface area contributed by atoms with Crippen LogP contribution >= 0.6 is 0 Å². The Balaban J connectivity index is 1.79. The first-order valence-corrected chi connectivity index (χ1v) is 7.81. The molecule has 0 aromatic rings. The quantitative estimate of drug-likeness (QED) is 0.826. The number of likely N-dealkylation sites (tertiary alicyclic amines) is 1. The molecule has 0 aromatic heterocycles. The van der Waals surface area contributed by atoms with Crippen LogP contribution < -0.4 is 5.73 Å². The van der Waals surface area contributed by atoms with E-state index < -0.39 is 0 Å². The van der Waals surface area contributed by atoms with Crippen LogP contribution in [0.1, 0.15) is 45.4 Å². The molecule has 0 radical (unpaired) electrons. The van der Waals surface area contributed by atoms with Crippen molar-refractivity contribution < 1.29 is 14.3 Å². The summed E-state index contributed by atoms with van der Waals surface area (Å²) in [6, 6.07) is 0.129. The molecular formula is C15H28N2O3. The maximum Gasteiger partial charge on any atom is 0.222 e. The van der Waals surface area contributed by atoms with Gasteiger partial charge in [0.15, 0.2) is 0 Å². The van der Waals surface area contributed by atoms with E-state index in [0.29, 0.717) is 19.1 Å². The van der Waals surface area contributed by atoms with Gasteiger partial charge in [-0.2, -0.15) is 0 Å². The highest BCUT2D eigenvalue weighted by atomic mass is 16.5. The predicted octanol–water partition coefficient (Wildman–Crippen LogP) is 1.30. The summed E-state index contributed by atoms with van der Waals surface area (Å²) >= 11 is 0. The van der Waals surface area contributed by atoms with Crippen LogP contribution in [-0.2, 0) is 14.3 Å². The van der Waals surface area contributed by atoms with Gasteiger partial charge in [0.2, 0.25) is 5.91 Å². The number of ether oxygens (including phenoxy) is 2. The van der Waals surface area contributed by atoms with Crippen LogP contribution in [0.15, 0.2) is 0 Å². The van der Waals surface area contributed by atoms with Gasteiger partial charge >= 0.3 is 0 Å². The highest BCUT2D eigenvalue weighted by Gasteiger charge is 2.31. The second-order valence-corrected chi connectivity index (χ2v) is 6.04. The molecule has 2 heterocycles. The first-order chi connectivity index (χ1) is 9.63. The Morgan fingerprint density at radius 2 is 2.20 bits per heavy atom. The van der Waals surface area contributed by atoms with Gasteiger partial charge in [-0.25, -0.2) is 0 Å². The molecule has 2 aliphatic rings. The van der Waals surface area contributed by atoms with Crippen molar-refractivity contribution in [1.82, 2.24) is 4.90 Å². The van der Waals surface area contributed by atoms with Crippen molar-refractivity contribution in [3.05, 3.63) is 0 Å². The zero-order valence-corrected chi connectivity index (χ0v) is 12.7. The first kappa shape index (κ1) is 15.7. The third kappa shape index (κ3) is 3.93. The zero-order chi connectivity index (χ0) is 14.5. The Morgan fingerprint density at radius 1 is 1.40 bits per heavy atom. The van der Waals surface area contributed by atoms with E-state index in [1.807, 2.05) is 4.90 Å². The molecule has 0 aliphatic carbocycles. The monoisotopic (exact) mass is 284 g/mol. The van der Waals surface area contributed by atoms with Crippen LogP contribution in [0.3, 0.4) is 0 Å². The van der Waals surface area contributed by atoms with Gasteiger partial charge in [0.05, 0.1) is 18.3 Å². The summed E-state index contributed by atoms with van der Waals surface area (Å²) in [4.78, 5) is 14.3. The average molecular weight is 284 g/mol. The molecule has 0 aromatic carbocycles. The largest absolute Gasteiger partial charge is 0.381 e. The number of hydrogen-bond acceptors (Lipinski definition) is 4. The van der Waals surface area contributed by atoms with E-state index in [1.54, 1.807) is 7.11 Å². The smallest absolute Gasteiger partial charge is 0.222 e. The molecule has 5 nitrogen and oxygen atoms in total. The number of carbonyl (C=O) groups excluding carboxylic acids is 1. The lowest BCUT2D eigenvalue weighted by Crippen LogP contribution is -2.51. The Kier molecular flexibility index (Phi) is 5.81. The Morgan fingerprint density at radius 3 is 2.80 bits per heavy atom. The summed E-state index contributed by atoms with van der Waals surface area (Å²) in [5, 5.41) is 0. The number of methoxy groups -OCH3 is 1. The normalized spacial score (nSPS) is 34.5. The molecule has 2 saturated heterocycles. The average Bonchev–Trinajstić information content (AvgIpc) is 2.89. The summed E-state index contributed by atoms with van der Waals surface area (Å²) in [6.45, 7) is 3.38. The van der Waals surface area contributed by atoms with Gasteiger partial charge in [0, 0.05) is 32.7 Å². The third-order valence-electron chi connectivity index (χ3n) is 4.59. The second kappa shape index (κ2) is 7.38. The lowest BCUT2D eigenvalue weighted by atomic mass is 9.98. The van der Waals surface area contributed by atoms with Crippen LogP contribution in [0.25, 0.3) is 0 Å². The fraction of sp³-hybridized carbons (Fsp3) is 0.933. The molecular weight excluding hydrogens is 256 g/mol. The SMILES string of the molecule is CO[C@@H]1CCN(C(=O)CC[C@@H]2CC[C@@H](C)O2)[C@@H](CN)C1. The number of carbonyl (C=O) groups is 1. The van der Waals surface area contributed by atoms with Crippen molar-refractivity contribution in [2.45, 2.75) is 69.8 Å². The summed E-state index contributed by atoms with van der Waals surface area (Å²) < 4.78 is 11.2. The van der Waals surface area contributed by atoms with Crippen molar-refractivity contribution in [3.8, 4) is 0 Å². The molecule has 116 valence electrons. The van der Waals surface area contributed by atoms with E-state index in [2.05, 4.69) is 6.92 Å². The van der Waals surface area contributed by atoms with Crippen LogP contribution in [-0.4, -0.2) is 55.4 Å². The minimum atomic E-state index is 0.129. The molecule has 5 heteroatoms. The topological polar surface area (TPSA) is 64.8 Å². The van der Waals surface area contributed by atoms with Crippen molar-refractivity contribution >= 4 is 5.91 Å². The number of nitrogens with zero attached hydrogens (tertiary/aromatic N) is 1. The molecule has 0 spiro atoms. The van der Waals surface area contributed by atoms with Crippen LogP contribution in [0, 0.1) is 0 Å². The second-order valence-electron chi connectivity index (χ2n) is 6.04. The Labute approximate surface area is 121 Å². The molecule has 0 bridgehead atoms. The molecule has 2 N–H and O–H groups in total. The standard InChI is InChI=1S/C15H28N2O3/c1-11-3-4-13(20-11)5-6-15(18)17-8-7-14(19-2)9-12(17)10-16/h11-14H,3-10,16H2,1-2H3/t11-,12-,13+,14-/m1/s1. The molecule has 1 amide bonds. The van der Waals surface area contributed by atoms with E-state index in [0.717, 1.165) is 38.6 Å². The third-order valence-corrected chi connectivity index (χ3v) is 4.59. The number of rotatable bonds is 5. The summed E-state index contributed by atoms with van der Waals surface area (Å²) in [5.41, 5.74) is 5.81. The molecule has 0 saturated carbocycles. The molecule has 20 heavy (non-hydrogen) atoms. The fourth-order valence-electron chi connectivity index (χ4n) is 3.31. The Hall–Kier alpha value is -0.650. The zero-order valence-electron chi connectivity index (χ0n) is 12.7. The van der Waals surface area contributed by atoms with Crippen LogP contribution in [0.4, 0.5) is 0 Å². The molecule has 4 atom stereocenters. The highest BCUT2D eigenvalue weighted by Crippen LogP contribution is 2.24. The van der Waals surface area contributed by atoms with Crippen LogP contribution in [0.5, 0.6) is 0 Å². The minimum Gasteiger partial charge on any atom is -0.381 e. The first-order valence-electron chi connectivity index (χ1n) is 7.81. The van der Waals surface area contributed by atoms with Crippen molar-refractivity contribution in [2.75, 3.05) is 20.2 Å². The summed E-state index contributed by atoms with van der Waals surface area (Å²) in [6.07, 6.45) is 6.24. The number of nitrogens with two attached hydrogens (primary N) is 1. The van der Waals surface area contributed by atoms with E-state index >= 15 is 0 Å². The minimum absolute atomic E-state index is 0.129. The Bertz CT molecular complexity index is 324. The van der Waals surface area contributed by atoms with Gasteiger partial charge in [-0.05, 0) is 39.0 Å². The number of amides is 1. The van der Waals surface area contributed by atoms with Crippen molar-refractivity contribution in [3.63, 3.8) is 0 Å². The van der Waals surface area contributed by atoms with Gasteiger partial charge in [0.25, 0.3) is 0 Å². The predicted molar refractivity (Wildman–Crippen MR) is 77.4 cm³/mol. The fourth-order valence-corrected chi connectivity index (χ4v) is 3.31. The van der Waals surface area contributed by atoms with Gasteiger partial charge < -0.3 is 20.1 Å². The van der Waals surface area contributed by atoms with Crippen molar-refractivity contribution in [1.29, 1.82) is 0 Å². The van der Waals surface area contributed by atoms with Gasteiger partial charge in [-0.15, -0.1) is 0 Å². The van der Waals surface area contributed by atoms with Gasteiger partial charge in [-0.3, -0.25) is 4.79 Å². The van der Waals surface area contributed by atoms with Crippen LogP contribution in [0.2, 0.25) is 0 Å². The van der Waals surface area contributed by atoms with Gasteiger partial charge in [0.1, 0.15) is 0 Å². The molecule has 2 rings (SSSR count). The summed E-state index contributed by atoms with van der Waals surface area (Å²) in [7, 11) is 1.73. The maximum atomic E-state index is 12.4. The number of hydrogen-bond donors (Lipinski definition) is 1. The summed E-state index contributed by atoms with van der Waals surface area (Å²) in [5.74, 6) is 0.221. The number of piperidine rings is 1. The lowest BCUT2D eigenvalue weighted by molar-refractivity contribution is -0.137. The highest BCUT2D eigenvalue weighted by molar-refractivity contribution is 5.76. The molecule has 2 aliphatic heterocycles. The lowest BCUT2D eigenvalue weighted by Gasteiger charge is -2.38. The van der Waals surface area contributed by atoms with Gasteiger partial charge in [-0.1, -0.05) is 0 Å².